The van der Waals surface area contributed by atoms with Gasteiger partial charge in [0, 0.05) is 11.1 Å². The number of rotatable bonds is 4. The number of primary sulfonamides is 1. The molecule has 0 aliphatic rings. The summed E-state index contributed by atoms with van der Waals surface area (Å²) in [4.78, 5) is 11.9. The molecule has 0 spiro atoms. The molecule has 1 amide bonds. The summed E-state index contributed by atoms with van der Waals surface area (Å²) in [5, 5.41) is 8.65. The molecule has 0 fully saturated rings. The number of nitrogens with one attached hydrogen (secondary N) is 1. The summed E-state index contributed by atoms with van der Waals surface area (Å²) >= 11 is 0.785. The molecular weight excluding hydrogens is 357 g/mol. The summed E-state index contributed by atoms with van der Waals surface area (Å²) in [6.45, 7) is 0. The number of hydrogen-bond acceptors (Lipinski definition) is 5. The maximum atomic E-state index is 12.0. The molecule has 11 heteroatoms. The Morgan fingerprint density at radius 3 is 2.30 bits per heavy atom. The van der Waals surface area contributed by atoms with Gasteiger partial charge in [-0.3, -0.25) is 4.79 Å². The number of carbonyl (C=O) groups excluding carboxylic acids is 1. The molecule has 23 heavy (non-hydrogen) atoms. The van der Waals surface area contributed by atoms with E-state index in [1.54, 1.807) is 0 Å². The van der Waals surface area contributed by atoms with Gasteiger partial charge in [0.2, 0.25) is 10.0 Å². The van der Waals surface area contributed by atoms with Crippen LogP contribution >= 0.6 is 11.3 Å². The first-order valence-electron chi connectivity index (χ1n) is 5.83. The summed E-state index contributed by atoms with van der Waals surface area (Å²) in [5.41, 5.74) is 0.280. The van der Waals surface area contributed by atoms with Crippen molar-refractivity contribution in [3.63, 3.8) is 0 Å². The van der Waals surface area contributed by atoms with Crippen molar-refractivity contribution in [2.24, 2.45) is 5.14 Å². The van der Waals surface area contributed by atoms with Crippen LogP contribution in [0.2, 0.25) is 0 Å². The molecule has 0 saturated carbocycles. The van der Waals surface area contributed by atoms with Crippen LogP contribution in [0.3, 0.4) is 0 Å². The molecule has 1 heterocycles. The number of sulfonamides is 1. The van der Waals surface area contributed by atoms with Gasteiger partial charge < -0.3 is 10.1 Å². The highest BCUT2D eigenvalue weighted by Gasteiger charge is 2.31. The highest BCUT2D eigenvalue weighted by molar-refractivity contribution is 7.91. The zero-order chi connectivity index (χ0) is 17.3. The second-order valence-electron chi connectivity index (χ2n) is 4.23. The second kappa shape index (κ2) is 6.18. The molecule has 1 aromatic heterocycles. The Hall–Kier alpha value is -2.11. The van der Waals surface area contributed by atoms with Crippen molar-refractivity contribution in [1.29, 1.82) is 0 Å². The van der Waals surface area contributed by atoms with Crippen LogP contribution in [0, 0.1) is 0 Å². The number of hydrogen-bond donors (Lipinski definition) is 2. The molecule has 2 rings (SSSR count). The van der Waals surface area contributed by atoms with Gasteiger partial charge in [-0.05, 0) is 30.3 Å². The fourth-order valence-electron chi connectivity index (χ4n) is 1.53. The first-order chi connectivity index (χ1) is 10.5. The smallest absolute Gasteiger partial charge is 0.406 e. The fraction of sp³-hybridized carbons (Fsp3) is 0.0833. The Morgan fingerprint density at radius 1 is 1.22 bits per heavy atom. The van der Waals surface area contributed by atoms with E-state index >= 15 is 0 Å². The quantitative estimate of drug-likeness (QED) is 0.869. The van der Waals surface area contributed by atoms with Crippen molar-refractivity contribution in [3.05, 3.63) is 41.3 Å². The maximum Gasteiger partial charge on any atom is 0.573 e. The Bertz CT molecular complexity index is 814. The molecule has 2 aromatic rings. The molecule has 0 aliphatic heterocycles. The zero-order valence-electron chi connectivity index (χ0n) is 11.1. The number of anilines is 1. The van der Waals surface area contributed by atoms with E-state index < -0.39 is 28.0 Å². The fourth-order valence-corrected chi connectivity index (χ4v) is 3.11. The van der Waals surface area contributed by atoms with E-state index in [4.69, 9.17) is 5.14 Å². The Labute approximate surface area is 132 Å². The van der Waals surface area contributed by atoms with Crippen LogP contribution in [0.15, 0.2) is 39.9 Å². The third-order valence-electron chi connectivity index (χ3n) is 2.46. The molecule has 1 aromatic carbocycles. The summed E-state index contributed by atoms with van der Waals surface area (Å²) in [6.07, 6.45) is -4.80. The molecule has 0 radical (unpaired) electrons. The average Bonchev–Trinajstić information content (AvgIpc) is 2.89. The molecule has 124 valence electrons. The summed E-state index contributed by atoms with van der Waals surface area (Å²) in [5.74, 6) is -1.05. The van der Waals surface area contributed by atoms with Crippen molar-refractivity contribution in [2.75, 3.05) is 5.32 Å². The van der Waals surface area contributed by atoms with E-state index in [1.165, 1.54) is 17.5 Å². The number of amides is 1. The number of alkyl halides is 3. The number of carbonyl (C=O) groups is 1. The summed E-state index contributed by atoms with van der Waals surface area (Å²) in [6, 6.07) is 5.60. The van der Waals surface area contributed by atoms with Gasteiger partial charge >= 0.3 is 6.36 Å². The lowest BCUT2D eigenvalue weighted by Crippen LogP contribution is -2.17. The highest BCUT2D eigenvalue weighted by atomic mass is 32.2. The number of nitrogens with two attached hydrogens (primary N) is 1. The molecule has 0 unspecified atom stereocenters. The molecular formula is C12H9F3N2O4S2. The van der Waals surface area contributed by atoms with Gasteiger partial charge in [0.15, 0.2) is 0 Å². The second-order valence-corrected chi connectivity index (χ2v) is 6.93. The Morgan fingerprint density at radius 2 is 1.83 bits per heavy atom. The van der Waals surface area contributed by atoms with Gasteiger partial charge in [-0.2, -0.15) is 0 Å². The molecule has 0 saturated heterocycles. The average molecular weight is 366 g/mol. The minimum atomic E-state index is -4.80. The van der Waals surface area contributed by atoms with Gasteiger partial charge in [0.25, 0.3) is 5.91 Å². The monoisotopic (exact) mass is 366 g/mol. The SMILES string of the molecule is NS(=O)(=O)c1cc(C(=O)Nc2ccc(OC(F)(F)F)cc2)cs1. The van der Waals surface area contributed by atoms with E-state index in [0.29, 0.717) is 0 Å². The first-order valence-corrected chi connectivity index (χ1v) is 8.26. The van der Waals surface area contributed by atoms with Crippen LogP contribution in [-0.2, 0) is 10.0 Å². The molecule has 6 nitrogen and oxygen atoms in total. The lowest BCUT2D eigenvalue weighted by molar-refractivity contribution is -0.274. The van der Waals surface area contributed by atoms with Crippen LogP contribution in [0.4, 0.5) is 18.9 Å². The minimum Gasteiger partial charge on any atom is -0.406 e. The van der Waals surface area contributed by atoms with Crippen molar-refractivity contribution in [2.45, 2.75) is 10.6 Å². The van der Waals surface area contributed by atoms with Crippen LogP contribution in [-0.4, -0.2) is 20.7 Å². The minimum absolute atomic E-state index is 0.0645. The molecule has 3 N–H and O–H groups in total. The molecule has 0 atom stereocenters. The number of halogens is 3. The van der Waals surface area contributed by atoms with Crippen molar-refractivity contribution in [3.8, 4) is 5.75 Å². The van der Waals surface area contributed by atoms with E-state index in [9.17, 15) is 26.4 Å². The largest absolute Gasteiger partial charge is 0.573 e. The summed E-state index contributed by atoms with van der Waals surface area (Å²) < 4.78 is 61.9. The third kappa shape index (κ3) is 4.94. The normalized spacial score (nSPS) is 12.0. The third-order valence-corrected chi connectivity index (χ3v) is 4.85. The van der Waals surface area contributed by atoms with E-state index in [1.807, 2.05) is 0 Å². The Balaban J connectivity index is 2.07. The van der Waals surface area contributed by atoms with Gasteiger partial charge in [0.1, 0.15) is 9.96 Å². The van der Waals surface area contributed by atoms with Crippen LogP contribution < -0.4 is 15.2 Å². The maximum absolute atomic E-state index is 12.0. The zero-order valence-corrected chi connectivity index (χ0v) is 12.8. The topological polar surface area (TPSA) is 98.5 Å². The number of ether oxygens (including phenoxy) is 1. The Kier molecular flexibility index (Phi) is 4.63. The standard InChI is InChI=1S/C12H9F3N2O4S2/c13-12(14,15)21-9-3-1-8(2-4-9)17-11(18)7-5-10(22-6-7)23(16,19)20/h1-6H,(H,17,18)(H2,16,19,20). The van der Waals surface area contributed by atoms with E-state index in [2.05, 4.69) is 10.1 Å². The predicted molar refractivity (Wildman–Crippen MR) is 76.8 cm³/mol. The van der Waals surface area contributed by atoms with Crippen LogP contribution in [0.25, 0.3) is 0 Å². The number of thiophene rings is 1. The number of benzene rings is 1. The summed E-state index contributed by atoms with van der Waals surface area (Å²) in [7, 11) is -3.90. The van der Waals surface area contributed by atoms with Crippen molar-refractivity contribution >= 4 is 33.0 Å². The van der Waals surface area contributed by atoms with Crippen LogP contribution in [0.1, 0.15) is 10.4 Å². The van der Waals surface area contributed by atoms with Crippen molar-refractivity contribution in [1.82, 2.24) is 0 Å². The van der Waals surface area contributed by atoms with E-state index in [-0.39, 0.29) is 15.5 Å². The van der Waals surface area contributed by atoms with E-state index in [0.717, 1.165) is 29.5 Å². The molecule has 0 bridgehead atoms. The van der Waals surface area contributed by atoms with Crippen molar-refractivity contribution < 1.29 is 31.1 Å². The molecule has 0 aliphatic carbocycles. The van der Waals surface area contributed by atoms with Gasteiger partial charge in [-0.1, -0.05) is 0 Å². The lowest BCUT2D eigenvalue weighted by Gasteiger charge is -2.09. The van der Waals surface area contributed by atoms with Gasteiger partial charge in [0.05, 0.1) is 5.56 Å². The van der Waals surface area contributed by atoms with Gasteiger partial charge in [-0.25, -0.2) is 13.6 Å². The first kappa shape index (κ1) is 17.2. The lowest BCUT2D eigenvalue weighted by atomic mass is 10.2. The predicted octanol–water partition coefficient (Wildman–Crippen LogP) is 2.55. The van der Waals surface area contributed by atoms with Gasteiger partial charge in [-0.15, -0.1) is 24.5 Å². The highest BCUT2D eigenvalue weighted by Crippen LogP contribution is 2.24. The van der Waals surface area contributed by atoms with Crippen LogP contribution in [0.5, 0.6) is 5.75 Å².